The number of Topliss-reactive ketones (excluding diaryl/α,β-unsaturated/α-hetero) is 1. The number of aliphatic hydroxyl groups is 1. The molecule has 1 fully saturated rings. The predicted octanol–water partition coefficient (Wildman–Crippen LogP) is 5.90. The number of ketones is 1. The zero-order valence-electron chi connectivity index (χ0n) is 20.6. The number of aryl methyl sites for hydroxylation is 2. The van der Waals surface area contributed by atoms with Crippen LogP contribution in [0.3, 0.4) is 0 Å². The zero-order valence-corrected chi connectivity index (χ0v) is 20.6. The van der Waals surface area contributed by atoms with Crippen molar-refractivity contribution in [3.63, 3.8) is 0 Å². The Morgan fingerprint density at radius 1 is 0.946 bits per heavy atom. The summed E-state index contributed by atoms with van der Waals surface area (Å²) in [6.45, 7) is 4.18. The van der Waals surface area contributed by atoms with Crippen molar-refractivity contribution in [1.82, 2.24) is 4.98 Å². The molecule has 3 aromatic carbocycles. The van der Waals surface area contributed by atoms with Gasteiger partial charge in [0.1, 0.15) is 18.1 Å². The highest BCUT2D eigenvalue weighted by Crippen LogP contribution is 2.42. The number of ether oxygens (including phenoxy) is 1. The number of anilines is 1. The van der Waals surface area contributed by atoms with Gasteiger partial charge in [-0.25, -0.2) is 0 Å². The summed E-state index contributed by atoms with van der Waals surface area (Å²) >= 11 is 0. The highest BCUT2D eigenvalue weighted by atomic mass is 16.5. The zero-order chi connectivity index (χ0) is 25.9. The second-order valence-electron chi connectivity index (χ2n) is 9.04. The van der Waals surface area contributed by atoms with Crippen LogP contribution in [0.15, 0.2) is 103 Å². The molecule has 1 unspecified atom stereocenters. The standard InChI is InChI=1S/C31H26N2O4/c1-20-10-11-21(2)26(17-20)29(34)27-28(23-9-6-16-32-18-23)33(31(36)30(27)35)24-12-14-25(15-13-24)37-19-22-7-4-3-5-8-22/h3-18,28,34H,19H2,1-2H3/b29-27+. The molecule has 184 valence electrons. The van der Waals surface area contributed by atoms with E-state index in [1.165, 1.54) is 4.90 Å². The number of amides is 1. The van der Waals surface area contributed by atoms with Gasteiger partial charge in [0.15, 0.2) is 0 Å². The van der Waals surface area contributed by atoms with E-state index in [1.807, 2.05) is 62.4 Å². The Bertz CT molecular complexity index is 1480. The Balaban J connectivity index is 1.54. The van der Waals surface area contributed by atoms with Crippen LogP contribution in [0.1, 0.15) is 33.9 Å². The quantitative estimate of drug-likeness (QED) is 0.207. The number of rotatable bonds is 6. The first-order valence-electron chi connectivity index (χ1n) is 12.0. The number of hydrogen-bond donors (Lipinski definition) is 1. The van der Waals surface area contributed by atoms with Crippen molar-refractivity contribution in [3.8, 4) is 5.75 Å². The molecule has 1 aliphatic heterocycles. The Hall–Kier alpha value is -4.71. The molecule has 0 aliphatic carbocycles. The van der Waals surface area contributed by atoms with Crippen molar-refractivity contribution in [2.75, 3.05) is 4.90 Å². The number of carbonyl (C=O) groups excluding carboxylic acids is 2. The van der Waals surface area contributed by atoms with Crippen molar-refractivity contribution in [2.45, 2.75) is 26.5 Å². The molecule has 0 bridgehead atoms. The van der Waals surface area contributed by atoms with Crippen LogP contribution < -0.4 is 9.64 Å². The molecule has 0 spiro atoms. The van der Waals surface area contributed by atoms with E-state index in [0.29, 0.717) is 29.2 Å². The molecule has 0 saturated carbocycles. The lowest BCUT2D eigenvalue weighted by molar-refractivity contribution is -0.132. The van der Waals surface area contributed by atoms with Crippen molar-refractivity contribution < 1.29 is 19.4 Å². The summed E-state index contributed by atoms with van der Waals surface area (Å²) in [6, 6.07) is 25.2. The summed E-state index contributed by atoms with van der Waals surface area (Å²) in [7, 11) is 0. The Morgan fingerprint density at radius 2 is 1.70 bits per heavy atom. The summed E-state index contributed by atoms with van der Waals surface area (Å²) in [6.07, 6.45) is 3.23. The largest absolute Gasteiger partial charge is 0.507 e. The van der Waals surface area contributed by atoms with Crippen LogP contribution in [0.2, 0.25) is 0 Å². The third-order valence-electron chi connectivity index (χ3n) is 6.46. The highest BCUT2D eigenvalue weighted by molar-refractivity contribution is 6.51. The van der Waals surface area contributed by atoms with E-state index in [9.17, 15) is 14.7 Å². The maximum Gasteiger partial charge on any atom is 0.300 e. The van der Waals surface area contributed by atoms with Crippen LogP contribution in [-0.4, -0.2) is 21.8 Å². The van der Waals surface area contributed by atoms with E-state index in [1.54, 1.807) is 48.8 Å². The monoisotopic (exact) mass is 490 g/mol. The average molecular weight is 491 g/mol. The van der Waals surface area contributed by atoms with Crippen molar-refractivity contribution in [1.29, 1.82) is 0 Å². The van der Waals surface area contributed by atoms with Gasteiger partial charge in [0.05, 0.1) is 11.6 Å². The number of benzene rings is 3. The minimum atomic E-state index is -0.829. The van der Waals surface area contributed by atoms with Gasteiger partial charge in [0, 0.05) is 23.6 Å². The van der Waals surface area contributed by atoms with Crippen molar-refractivity contribution >= 4 is 23.1 Å². The first kappa shape index (κ1) is 24.0. The lowest BCUT2D eigenvalue weighted by Crippen LogP contribution is -2.29. The van der Waals surface area contributed by atoms with Crippen molar-refractivity contribution in [3.05, 3.63) is 131 Å². The molecule has 6 nitrogen and oxygen atoms in total. The topological polar surface area (TPSA) is 79.7 Å². The number of carbonyl (C=O) groups is 2. The number of hydrogen-bond acceptors (Lipinski definition) is 5. The van der Waals surface area contributed by atoms with Crippen LogP contribution >= 0.6 is 0 Å². The summed E-state index contributed by atoms with van der Waals surface area (Å²) in [5.41, 5.74) is 4.48. The molecule has 2 heterocycles. The molecule has 1 N–H and O–H groups in total. The molecule has 5 rings (SSSR count). The molecular formula is C31H26N2O4. The lowest BCUT2D eigenvalue weighted by atomic mass is 9.94. The molecule has 4 aromatic rings. The molecule has 0 radical (unpaired) electrons. The van der Waals surface area contributed by atoms with Gasteiger partial charge in [-0.3, -0.25) is 19.5 Å². The number of aromatic nitrogens is 1. The van der Waals surface area contributed by atoms with Gasteiger partial charge < -0.3 is 9.84 Å². The molecule has 1 aromatic heterocycles. The third kappa shape index (κ3) is 4.74. The van der Waals surface area contributed by atoms with Gasteiger partial charge in [0.2, 0.25) is 0 Å². The predicted molar refractivity (Wildman–Crippen MR) is 142 cm³/mol. The van der Waals surface area contributed by atoms with E-state index in [4.69, 9.17) is 4.74 Å². The third-order valence-corrected chi connectivity index (χ3v) is 6.46. The fraction of sp³-hybridized carbons (Fsp3) is 0.129. The summed E-state index contributed by atoms with van der Waals surface area (Å²) < 4.78 is 5.88. The number of pyridine rings is 1. The fourth-order valence-electron chi connectivity index (χ4n) is 4.53. The molecule has 37 heavy (non-hydrogen) atoms. The second kappa shape index (κ2) is 10.1. The number of nitrogens with zero attached hydrogens (tertiary/aromatic N) is 2. The minimum absolute atomic E-state index is 0.0381. The highest BCUT2D eigenvalue weighted by Gasteiger charge is 2.47. The molecule has 1 saturated heterocycles. The Morgan fingerprint density at radius 3 is 2.41 bits per heavy atom. The van der Waals surface area contributed by atoms with Gasteiger partial charge in [-0.2, -0.15) is 0 Å². The van der Waals surface area contributed by atoms with E-state index >= 15 is 0 Å². The van der Waals surface area contributed by atoms with Gasteiger partial charge >= 0.3 is 0 Å². The fourth-order valence-corrected chi connectivity index (χ4v) is 4.53. The minimum Gasteiger partial charge on any atom is -0.507 e. The maximum atomic E-state index is 13.4. The molecular weight excluding hydrogens is 464 g/mol. The molecule has 1 amide bonds. The first-order chi connectivity index (χ1) is 17.9. The van der Waals surface area contributed by atoms with Crippen LogP contribution in [0.4, 0.5) is 5.69 Å². The van der Waals surface area contributed by atoms with E-state index in [2.05, 4.69) is 4.98 Å². The Labute approximate surface area is 215 Å². The van der Waals surface area contributed by atoms with E-state index in [-0.39, 0.29) is 11.3 Å². The average Bonchev–Trinajstić information content (AvgIpc) is 3.20. The van der Waals surface area contributed by atoms with Crippen molar-refractivity contribution in [2.24, 2.45) is 0 Å². The van der Waals surface area contributed by atoms with Crippen LogP contribution in [0, 0.1) is 13.8 Å². The normalized spacial score (nSPS) is 16.7. The van der Waals surface area contributed by atoms with Gasteiger partial charge in [-0.15, -0.1) is 0 Å². The summed E-state index contributed by atoms with van der Waals surface area (Å²) in [4.78, 5) is 32.3. The molecule has 1 aliphatic rings. The number of aliphatic hydroxyl groups excluding tert-OH is 1. The smallest absolute Gasteiger partial charge is 0.300 e. The van der Waals surface area contributed by atoms with Gasteiger partial charge in [0.25, 0.3) is 11.7 Å². The van der Waals surface area contributed by atoms with E-state index < -0.39 is 17.7 Å². The van der Waals surface area contributed by atoms with Crippen LogP contribution in [0.25, 0.3) is 5.76 Å². The summed E-state index contributed by atoms with van der Waals surface area (Å²) in [5.74, 6) is -1.01. The lowest BCUT2D eigenvalue weighted by Gasteiger charge is -2.25. The van der Waals surface area contributed by atoms with Gasteiger partial charge in [-0.1, -0.05) is 54.1 Å². The van der Waals surface area contributed by atoms with Gasteiger partial charge in [-0.05, 0) is 66.9 Å². The molecule has 1 atom stereocenters. The van der Waals surface area contributed by atoms with Crippen LogP contribution in [-0.2, 0) is 16.2 Å². The van der Waals surface area contributed by atoms with E-state index in [0.717, 1.165) is 16.7 Å². The van der Waals surface area contributed by atoms with Crippen LogP contribution in [0.5, 0.6) is 5.75 Å². The SMILES string of the molecule is Cc1ccc(C)c(/C(O)=C2\C(=O)C(=O)N(c3ccc(OCc4ccccc4)cc3)C2c2cccnc2)c1. The summed E-state index contributed by atoms with van der Waals surface area (Å²) in [5, 5.41) is 11.4. The Kier molecular flexibility index (Phi) is 6.56. The first-order valence-corrected chi connectivity index (χ1v) is 12.0. The maximum absolute atomic E-state index is 13.4. The molecule has 6 heteroatoms. The second-order valence-corrected chi connectivity index (χ2v) is 9.04.